The van der Waals surface area contributed by atoms with E-state index in [2.05, 4.69) is 14.4 Å². The molecule has 2 atom stereocenters. The van der Waals surface area contributed by atoms with Gasteiger partial charge in [-0.2, -0.15) is 0 Å². The number of halogens is 1. The van der Waals surface area contributed by atoms with Crippen molar-refractivity contribution in [3.63, 3.8) is 0 Å². The molecule has 2 aromatic carbocycles. The first-order valence-electron chi connectivity index (χ1n) is 8.28. The molecule has 0 bridgehead atoms. The summed E-state index contributed by atoms with van der Waals surface area (Å²) < 4.78 is 28.9. The second-order valence-electron chi connectivity index (χ2n) is 6.32. The first-order valence-corrected chi connectivity index (χ1v) is 12.1. The van der Waals surface area contributed by atoms with E-state index in [1.807, 2.05) is 91.8 Å². The quantitative estimate of drug-likeness (QED) is 0.313. The summed E-state index contributed by atoms with van der Waals surface area (Å²) in [6, 6.07) is 17.0. The van der Waals surface area contributed by atoms with Gasteiger partial charge >= 0.3 is 27.0 Å². The van der Waals surface area contributed by atoms with Crippen LogP contribution in [0.4, 0.5) is 0 Å². The standard InChI is InChI=1S/C19H24N2O2S.CH3.ClH.Ru/c1-15(2)13-14-24(22,23)21-19(17-11-7-4-8-12-17)18(20)16-9-5-3-6-10-16;;;/h3-12,15,18-20H,13-14H2,1-2H3;1H3;1H;/q-2;-1;;+4/p-1. The Hall–Kier alpha value is -0.777. The van der Waals surface area contributed by atoms with Crippen molar-refractivity contribution in [2.75, 3.05) is 5.75 Å². The van der Waals surface area contributed by atoms with E-state index in [-0.39, 0.29) is 13.2 Å². The van der Waals surface area contributed by atoms with Gasteiger partial charge in [0, 0.05) is 5.75 Å². The number of nitrogens with zero attached hydrogens (tertiary/aromatic N) is 1. The van der Waals surface area contributed by atoms with Crippen molar-refractivity contribution >= 4 is 19.7 Å². The first-order chi connectivity index (χ1) is 12.4. The summed E-state index contributed by atoms with van der Waals surface area (Å²) in [5.41, 5.74) is 10.0. The molecule has 1 N–H and O–H groups in total. The number of benzene rings is 2. The average molecular weight is 496 g/mol. The van der Waals surface area contributed by atoms with Gasteiger partial charge in [-0.05, 0) is 12.3 Å². The van der Waals surface area contributed by atoms with Gasteiger partial charge in [0.25, 0.3) is 0 Å². The van der Waals surface area contributed by atoms with E-state index in [9.17, 15) is 8.42 Å². The fourth-order valence-electron chi connectivity index (χ4n) is 2.42. The second kappa shape index (κ2) is 13.4. The minimum atomic E-state index is -3.57. The molecule has 0 saturated carbocycles. The summed E-state index contributed by atoms with van der Waals surface area (Å²) >= 11 is 1.82. The van der Waals surface area contributed by atoms with Gasteiger partial charge in [0.15, 0.2) is 0 Å². The number of hydrogen-bond donors (Lipinski definition) is 0. The van der Waals surface area contributed by atoms with E-state index >= 15 is 0 Å². The van der Waals surface area contributed by atoms with Gasteiger partial charge in [-0.1, -0.05) is 85.6 Å². The third kappa shape index (κ3) is 9.31. The Kier molecular flexibility index (Phi) is 13.0. The molecule has 0 spiro atoms. The topological polar surface area (TPSA) is 72.0 Å². The van der Waals surface area contributed by atoms with Crippen LogP contribution in [0.2, 0.25) is 0 Å². The Labute approximate surface area is 178 Å². The fourth-order valence-corrected chi connectivity index (χ4v) is 3.88. The van der Waals surface area contributed by atoms with Gasteiger partial charge in [-0.15, -0.1) is 12.1 Å². The van der Waals surface area contributed by atoms with Gasteiger partial charge < -0.3 is 17.9 Å². The molecule has 7 heteroatoms. The van der Waals surface area contributed by atoms with E-state index < -0.39 is 22.1 Å². The van der Waals surface area contributed by atoms with Crippen LogP contribution in [-0.4, -0.2) is 14.2 Å². The molecule has 4 nitrogen and oxygen atoms in total. The molecule has 0 aliphatic carbocycles. The number of sulfonamides is 1. The van der Waals surface area contributed by atoms with Crippen LogP contribution >= 0.6 is 9.69 Å². The van der Waals surface area contributed by atoms with Crippen LogP contribution in [0.15, 0.2) is 60.7 Å². The molecule has 27 heavy (non-hydrogen) atoms. The predicted octanol–water partition coefficient (Wildman–Crippen LogP) is 6.41. The van der Waals surface area contributed by atoms with Gasteiger partial charge in [-0.25, -0.2) is 8.42 Å². The third-order valence-electron chi connectivity index (χ3n) is 3.84. The van der Waals surface area contributed by atoms with E-state index in [0.717, 1.165) is 11.1 Å². The van der Waals surface area contributed by atoms with Gasteiger partial charge in [-0.3, -0.25) is 0 Å². The third-order valence-corrected chi connectivity index (χ3v) is 5.14. The number of rotatable bonds is 8. The van der Waals surface area contributed by atoms with Crippen LogP contribution in [0.1, 0.15) is 43.5 Å². The zero-order valence-corrected chi connectivity index (χ0v) is 19.1. The molecule has 0 amide bonds. The molecule has 0 heterocycles. The van der Waals surface area contributed by atoms with Gasteiger partial charge in [0.1, 0.15) is 0 Å². The summed E-state index contributed by atoms with van der Waals surface area (Å²) in [6.45, 7) is 3.98. The minimum absolute atomic E-state index is 0. The molecule has 2 aromatic rings. The zero-order valence-electron chi connectivity index (χ0n) is 15.8. The molecule has 0 aromatic heterocycles. The molecular formula is C20H27ClN2O2RuS. The predicted molar refractivity (Wildman–Crippen MR) is 112 cm³/mol. The van der Waals surface area contributed by atoms with Crippen LogP contribution in [-0.2, 0) is 27.3 Å². The molecule has 0 aliphatic rings. The summed E-state index contributed by atoms with van der Waals surface area (Å²) in [5.74, 6) is 0.321. The van der Waals surface area contributed by atoms with Crippen molar-refractivity contribution in [2.45, 2.75) is 32.4 Å². The van der Waals surface area contributed by atoms with Crippen molar-refractivity contribution in [1.82, 2.24) is 0 Å². The Morgan fingerprint density at radius 1 is 0.963 bits per heavy atom. The maximum atomic E-state index is 12.4. The monoisotopic (exact) mass is 496 g/mol. The maximum absolute atomic E-state index is 12.4. The van der Waals surface area contributed by atoms with Crippen molar-refractivity contribution in [1.29, 1.82) is 0 Å². The van der Waals surface area contributed by atoms with Crippen LogP contribution in [0, 0.1) is 13.3 Å². The van der Waals surface area contributed by atoms with Crippen LogP contribution in [0.3, 0.4) is 0 Å². The number of hydrogen-bond acceptors (Lipinski definition) is 2. The van der Waals surface area contributed by atoms with Crippen molar-refractivity contribution < 1.29 is 25.7 Å². The van der Waals surface area contributed by atoms with E-state index in [0.29, 0.717) is 12.3 Å². The molecule has 0 aliphatic heterocycles. The molecule has 2 rings (SSSR count). The summed E-state index contributed by atoms with van der Waals surface area (Å²) in [7, 11) is 0.997. The van der Waals surface area contributed by atoms with E-state index in [1.165, 1.54) is 0 Å². The molecule has 2 unspecified atom stereocenters. The fraction of sp³-hybridized carbons (Fsp3) is 0.350. The van der Waals surface area contributed by atoms with Crippen LogP contribution in [0.25, 0.3) is 10.5 Å². The summed E-state index contributed by atoms with van der Waals surface area (Å²) in [4.78, 5) is 0. The average Bonchev–Trinajstić information content (AvgIpc) is 2.67. The van der Waals surface area contributed by atoms with Crippen molar-refractivity contribution in [3.05, 3.63) is 89.7 Å². The Balaban J connectivity index is 0.00000218. The van der Waals surface area contributed by atoms with Gasteiger partial charge in [0.05, 0.1) is 10.0 Å². The summed E-state index contributed by atoms with van der Waals surface area (Å²) in [6.07, 6.45) is 0.571. The zero-order chi connectivity index (χ0) is 19.6. The van der Waals surface area contributed by atoms with Gasteiger partial charge in [0.2, 0.25) is 0 Å². The van der Waals surface area contributed by atoms with E-state index in [1.54, 1.807) is 0 Å². The number of nitrogens with one attached hydrogen (secondary N) is 1. The normalized spacial score (nSPS) is 13.1. The molecular weight excluding hydrogens is 469 g/mol. The molecule has 150 valence electrons. The Morgan fingerprint density at radius 2 is 1.41 bits per heavy atom. The summed E-state index contributed by atoms with van der Waals surface area (Å²) in [5, 5.41) is 0. The van der Waals surface area contributed by atoms with Crippen LogP contribution in [0.5, 0.6) is 0 Å². The molecule has 0 fully saturated rings. The Morgan fingerprint density at radius 3 is 1.85 bits per heavy atom. The van der Waals surface area contributed by atoms with Crippen molar-refractivity contribution in [2.24, 2.45) is 5.92 Å². The molecule has 0 saturated heterocycles. The molecule has 0 radical (unpaired) electrons. The SMILES string of the molecule is CC(C)CCS(=O)(=O)[N-]C(c1ccccc1)C([NH-])c1ccccc1.[CH3-].[Cl][Ru+3]. The van der Waals surface area contributed by atoms with Crippen molar-refractivity contribution in [3.8, 4) is 0 Å². The van der Waals surface area contributed by atoms with E-state index in [4.69, 9.17) is 5.73 Å². The Bertz CT molecular complexity index is 728. The second-order valence-corrected chi connectivity index (χ2v) is 8.10. The van der Waals surface area contributed by atoms with Crippen LogP contribution < -0.4 is 0 Å². The first kappa shape index (κ1) is 26.2.